The number of rotatable bonds is 5. The molecular formula is C21H24N2S. The van der Waals surface area contributed by atoms with Crippen molar-refractivity contribution in [2.24, 2.45) is 5.92 Å². The van der Waals surface area contributed by atoms with E-state index in [-0.39, 0.29) is 0 Å². The molecule has 0 spiro atoms. The summed E-state index contributed by atoms with van der Waals surface area (Å²) in [5.41, 5.74) is 2.72. The van der Waals surface area contributed by atoms with Crippen LogP contribution >= 0.6 is 11.3 Å². The van der Waals surface area contributed by atoms with Crippen LogP contribution in [0.3, 0.4) is 0 Å². The van der Waals surface area contributed by atoms with Gasteiger partial charge in [0.15, 0.2) is 0 Å². The maximum atomic E-state index is 2.61. The summed E-state index contributed by atoms with van der Waals surface area (Å²) in [7, 11) is 0. The molecule has 1 aromatic carbocycles. The summed E-state index contributed by atoms with van der Waals surface area (Å²) in [5.74, 6) is 0.835. The van der Waals surface area contributed by atoms with E-state index in [1.165, 1.54) is 48.5 Å². The normalized spacial score (nSPS) is 16.5. The molecule has 0 bridgehead atoms. The lowest BCUT2D eigenvalue weighted by Gasteiger charge is -2.31. The lowest BCUT2D eigenvalue weighted by Crippen LogP contribution is -2.33. The van der Waals surface area contributed by atoms with Crippen LogP contribution in [0.4, 0.5) is 0 Å². The van der Waals surface area contributed by atoms with Gasteiger partial charge in [0.1, 0.15) is 0 Å². The molecule has 3 heteroatoms. The van der Waals surface area contributed by atoms with E-state index < -0.39 is 0 Å². The molecule has 3 aromatic rings. The maximum absolute atomic E-state index is 2.61. The number of likely N-dealkylation sites (tertiary alicyclic amines) is 1. The Morgan fingerprint density at radius 3 is 2.33 bits per heavy atom. The smallest absolute Gasteiger partial charge is 0.0449 e. The van der Waals surface area contributed by atoms with Crippen LogP contribution < -0.4 is 0 Å². The van der Waals surface area contributed by atoms with Crippen molar-refractivity contribution >= 4 is 11.3 Å². The molecule has 2 nitrogen and oxygen atoms in total. The second kappa shape index (κ2) is 7.37. The molecule has 0 saturated carbocycles. The van der Waals surface area contributed by atoms with Gasteiger partial charge in [0.25, 0.3) is 0 Å². The largest absolute Gasteiger partial charge is 0.324 e. The van der Waals surface area contributed by atoms with E-state index in [4.69, 9.17) is 0 Å². The van der Waals surface area contributed by atoms with Crippen LogP contribution in [0.1, 0.15) is 23.3 Å². The number of benzene rings is 1. The van der Waals surface area contributed by atoms with Crippen LogP contribution in [0.15, 0.2) is 66.3 Å². The van der Waals surface area contributed by atoms with Crippen molar-refractivity contribution in [3.63, 3.8) is 0 Å². The second-order valence-corrected chi connectivity index (χ2v) is 7.79. The van der Waals surface area contributed by atoms with Gasteiger partial charge in [-0.1, -0.05) is 18.2 Å². The number of piperidine rings is 1. The van der Waals surface area contributed by atoms with Crippen LogP contribution in [0.25, 0.3) is 5.69 Å². The van der Waals surface area contributed by atoms with Gasteiger partial charge >= 0.3 is 0 Å². The van der Waals surface area contributed by atoms with E-state index in [2.05, 4.69) is 75.8 Å². The molecule has 1 aliphatic heterocycles. The first-order chi connectivity index (χ1) is 11.9. The van der Waals surface area contributed by atoms with Crippen LogP contribution in [-0.2, 0) is 13.0 Å². The van der Waals surface area contributed by atoms with Crippen molar-refractivity contribution < 1.29 is 0 Å². The molecule has 24 heavy (non-hydrogen) atoms. The Kier molecular flexibility index (Phi) is 4.81. The summed E-state index contributed by atoms with van der Waals surface area (Å²) >= 11 is 1.88. The van der Waals surface area contributed by atoms with Crippen LogP contribution in [0.2, 0.25) is 0 Å². The summed E-state index contributed by atoms with van der Waals surface area (Å²) in [6, 6.07) is 17.6. The fourth-order valence-corrected chi connectivity index (χ4v) is 4.36. The van der Waals surface area contributed by atoms with Crippen molar-refractivity contribution in [1.29, 1.82) is 0 Å². The summed E-state index contributed by atoms with van der Waals surface area (Å²) in [4.78, 5) is 4.10. The van der Waals surface area contributed by atoms with E-state index in [0.717, 1.165) is 12.5 Å². The molecular weight excluding hydrogens is 312 g/mol. The first-order valence-corrected chi connectivity index (χ1v) is 9.72. The Balaban J connectivity index is 1.29. The molecule has 1 aliphatic rings. The van der Waals surface area contributed by atoms with Gasteiger partial charge in [0.2, 0.25) is 0 Å². The average molecular weight is 337 g/mol. The van der Waals surface area contributed by atoms with E-state index in [1.54, 1.807) is 0 Å². The van der Waals surface area contributed by atoms with Crippen LogP contribution in [0, 0.1) is 5.92 Å². The predicted molar refractivity (Wildman–Crippen MR) is 102 cm³/mol. The molecule has 1 fully saturated rings. The number of hydrogen-bond donors (Lipinski definition) is 0. The van der Waals surface area contributed by atoms with Crippen molar-refractivity contribution in [3.8, 4) is 5.69 Å². The SMILES string of the molecule is c1csc(CN2CCC(Cc3ccc(-n4cccc4)cc3)CC2)c1. The molecule has 1 saturated heterocycles. The number of thiophene rings is 1. The highest BCUT2D eigenvalue weighted by Gasteiger charge is 2.19. The lowest BCUT2D eigenvalue weighted by atomic mass is 9.90. The minimum atomic E-state index is 0.835. The second-order valence-electron chi connectivity index (χ2n) is 6.76. The van der Waals surface area contributed by atoms with E-state index >= 15 is 0 Å². The fraction of sp³-hybridized carbons (Fsp3) is 0.333. The minimum Gasteiger partial charge on any atom is -0.324 e. The summed E-state index contributed by atoms with van der Waals surface area (Å²) in [6.07, 6.45) is 8.06. The van der Waals surface area contributed by atoms with Gasteiger partial charge in [-0.25, -0.2) is 0 Å². The van der Waals surface area contributed by atoms with Crippen molar-refractivity contribution in [2.75, 3.05) is 13.1 Å². The topological polar surface area (TPSA) is 8.17 Å². The lowest BCUT2D eigenvalue weighted by molar-refractivity contribution is 0.178. The molecule has 0 amide bonds. The molecule has 0 radical (unpaired) electrons. The molecule has 0 atom stereocenters. The fourth-order valence-electron chi connectivity index (χ4n) is 3.62. The van der Waals surface area contributed by atoms with Crippen molar-refractivity contribution in [1.82, 2.24) is 9.47 Å². The summed E-state index contributed by atoms with van der Waals surface area (Å²) in [5, 5.41) is 2.18. The van der Waals surface area contributed by atoms with Crippen LogP contribution in [-0.4, -0.2) is 22.6 Å². The van der Waals surface area contributed by atoms with Gasteiger partial charge in [0.05, 0.1) is 0 Å². The van der Waals surface area contributed by atoms with E-state index in [1.807, 2.05) is 11.3 Å². The third-order valence-electron chi connectivity index (χ3n) is 5.03. The van der Waals surface area contributed by atoms with E-state index in [9.17, 15) is 0 Å². The zero-order valence-electron chi connectivity index (χ0n) is 14.0. The monoisotopic (exact) mass is 336 g/mol. The van der Waals surface area contributed by atoms with E-state index in [0.29, 0.717) is 0 Å². The van der Waals surface area contributed by atoms with Gasteiger partial charge < -0.3 is 4.57 Å². The zero-order chi connectivity index (χ0) is 16.2. The Bertz CT molecular complexity index is 721. The number of hydrogen-bond acceptors (Lipinski definition) is 2. The molecule has 0 unspecified atom stereocenters. The van der Waals surface area contributed by atoms with Gasteiger partial charge in [-0.15, -0.1) is 11.3 Å². The standard InChI is InChI=1S/C21H24N2S/c1-2-12-23(11-1)20-7-5-18(6-8-20)16-19-9-13-22(14-10-19)17-21-4-3-15-24-21/h1-8,11-12,15,19H,9-10,13-14,16-17H2. The molecule has 124 valence electrons. The van der Waals surface area contributed by atoms with Gasteiger partial charge in [0, 0.05) is 29.5 Å². The summed E-state index contributed by atoms with van der Waals surface area (Å²) in [6.45, 7) is 3.62. The highest BCUT2D eigenvalue weighted by molar-refractivity contribution is 7.09. The van der Waals surface area contributed by atoms with Gasteiger partial charge in [-0.3, -0.25) is 4.90 Å². The van der Waals surface area contributed by atoms with Gasteiger partial charge in [-0.2, -0.15) is 0 Å². The Morgan fingerprint density at radius 1 is 0.917 bits per heavy atom. The number of aromatic nitrogens is 1. The third-order valence-corrected chi connectivity index (χ3v) is 5.89. The van der Waals surface area contributed by atoms with Crippen molar-refractivity contribution in [3.05, 3.63) is 76.7 Å². The highest BCUT2D eigenvalue weighted by Crippen LogP contribution is 2.24. The molecule has 0 aliphatic carbocycles. The Labute approximate surface area is 148 Å². The average Bonchev–Trinajstić information content (AvgIpc) is 3.31. The molecule has 2 aromatic heterocycles. The quantitative estimate of drug-likeness (QED) is 0.637. The first kappa shape index (κ1) is 15.7. The maximum Gasteiger partial charge on any atom is 0.0449 e. The first-order valence-electron chi connectivity index (χ1n) is 8.84. The predicted octanol–water partition coefficient (Wildman–Crippen LogP) is 4.99. The van der Waals surface area contributed by atoms with Gasteiger partial charge in [-0.05, 0) is 79.5 Å². The minimum absolute atomic E-state index is 0.835. The molecule has 0 N–H and O–H groups in total. The van der Waals surface area contributed by atoms with Crippen LogP contribution in [0.5, 0.6) is 0 Å². The third kappa shape index (κ3) is 3.80. The number of nitrogens with zero attached hydrogens (tertiary/aromatic N) is 2. The van der Waals surface area contributed by atoms with Crippen molar-refractivity contribution in [2.45, 2.75) is 25.8 Å². The highest BCUT2D eigenvalue weighted by atomic mass is 32.1. The summed E-state index contributed by atoms with van der Waals surface area (Å²) < 4.78 is 2.16. The Hall–Kier alpha value is -1.84. The molecule has 4 rings (SSSR count). The Morgan fingerprint density at radius 2 is 1.67 bits per heavy atom. The zero-order valence-corrected chi connectivity index (χ0v) is 14.8. The molecule has 3 heterocycles.